The van der Waals surface area contributed by atoms with Crippen molar-refractivity contribution in [1.82, 2.24) is 4.57 Å². The monoisotopic (exact) mass is 342 g/mol. The van der Waals surface area contributed by atoms with Gasteiger partial charge in [-0.3, -0.25) is 4.79 Å². The van der Waals surface area contributed by atoms with Gasteiger partial charge in [-0.2, -0.15) is 0 Å². The number of carbonyl (C=O) groups is 1. The lowest BCUT2D eigenvalue weighted by molar-refractivity contribution is -0.116. The van der Waals surface area contributed by atoms with Crippen molar-refractivity contribution in [2.24, 2.45) is 0 Å². The highest BCUT2D eigenvalue weighted by atomic mass is 79.9. The molecule has 106 valence electrons. The third-order valence-corrected chi connectivity index (χ3v) is 4.16. The van der Waals surface area contributed by atoms with Crippen LogP contribution in [0.2, 0.25) is 0 Å². The number of carbonyl (C=O) groups excluding carboxylic acids is 1. The highest BCUT2D eigenvalue weighted by Gasteiger charge is 2.10. The van der Waals surface area contributed by atoms with E-state index in [0.29, 0.717) is 6.54 Å². The third kappa shape index (κ3) is 2.85. The fourth-order valence-electron chi connectivity index (χ4n) is 2.45. The first-order valence-corrected chi connectivity index (χ1v) is 7.54. The Labute approximate surface area is 131 Å². The number of amides is 1. The first-order valence-electron chi connectivity index (χ1n) is 6.74. The van der Waals surface area contributed by atoms with Crippen LogP contribution in [0.3, 0.4) is 0 Å². The summed E-state index contributed by atoms with van der Waals surface area (Å²) in [5.74, 6) is -0.0358. The Bertz CT molecular complexity index is 807. The van der Waals surface area contributed by atoms with Crippen molar-refractivity contribution in [3.8, 4) is 0 Å². The van der Waals surface area contributed by atoms with E-state index in [-0.39, 0.29) is 5.91 Å². The molecule has 1 N–H and O–H groups in total. The number of anilines is 1. The van der Waals surface area contributed by atoms with Crippen LogP contribution in [-0.4, -0.2) is 10.5 Å². The second-order valence-electron chi connectivity index (χ2n) is 4.96. The van der Waals surface area contributed by atoms with Gasteiger partial charge in [-0.25, -0.2) is 0 Å². The molecular formula is C17H15BrN2O. The zero-order chi connectivity index (χ0) is 14.8. The normalized spacial score (nSPS) is 10.8. The number of hydrogen-bond donors (Lipinski definition) is 1. The van der Waals surface area contributed by atoms with E-state index in [4.69, 9.17) is 0 Å². The van der Waals surface area contributed by atoms with E-state index in [9.17, 15) is 4.79 Å². The Hall–Kier alpha value is -2.07. The number of aryl methyl sites for hydroxylation is 1. The van der Waals surface area contributed by atoms with Crippen molar-refractivity contribution in [2.45, 2.75) is 13.5 Å². The summed E-state index contributed by atoms with van der Waals surface area (Å²) in [4.78, 5) is 12.3. The minimum atomic E-state index is -0.0358. The largest absolute Gasteiger partial charge is 0.335 e. The maximum atomic E-state index is 12.3. The molecule has 3 nitrogen and oxygen atoms in total. The van der Waals surface area contributed by atoms with Crippen LogP contribution in [0.15, 0.2) is 59.1 Å². The first-order chi connectivity index (χ1) is 10.1. The number of aromatic nitrogens is 1. The summed E-state index contributed by atoms with van der Waals surface area (Å²) in [6, 6.07) is 17.8. The first kappa shape index (κ1) is 13.9. The zero-order valence-corrected chi connectivity index (χ0v) is 13.2. The topological polar surface area (TPSA) is 34.0 Å². The smallest absolute Gasteiger partial charge is 0.244 e. The van der Waals surface area contributed by atoms with Crippen molar-refractivity contribution in [3.63, 3.8) is 0 Å². The SMILES string of the molecule is Cc1cc2ccccc2n1CC(=O)Nc1ccccc1Br. The van der Waals surface area contributed by atoms with Gasteiger partial charge < -0.3 is 9.88 Å². The summed E-state index contributed by atoms with van der Waals surface area (Å²) < 4.78 is 2.91. The minimum absolute atomic E-state index is 0.0358. The van der Waals surface area contributed by atoms with Gasteiger partial charge in [0.05, 0.1) is 5.69 Å². The molecule has 0 saturated carbocycles. The van der Waals surface area contributed by atoms with Gasteiger partial charge in [0.1, 0.15) is 6.54 Å². The maximum Gasteiger partial charge on any atom is 0.244 e. The van der Waals surface area contributed by atoms with Crippen LogP contribution in [0.5, 0.6) is 0 Å². The van der Waals surface area contributed by atoms with Gasteiger partial charge in [-0.05, 0) is 52.5 Å². The predicted molar refractivity (Wildman–Crippen MR) is 89.4 cm³/mol. The molecule has 0 spiro atoms. The molecule has 0 aliphatic rings. The van der Waals surface area contributed by atoms with Crippen molar-refractivity contribution in [3.05, 3.63) is 64.8 Å². The molecule has 0 bridgehead atoms. The second-order valence-corrected chi connectivity index (χ2v) is 5.81. The molecule has 0 atom stereocenters. The Kier molecular flexibility index (Phi) is 3.80. The number of benzene rings is 2. The maximum absolute atomic E-state index is 12.3. The molecule has 0 fully saturated rings. The van der Waals surface area contributed by atoms with Crippen LogP contribution in [0.4, 0.5) is 5.69 Å². The summed E-state index contributed by atoms with van der Waals surface area (Å²) in [6.07, 6.45) is 0. The summed E-state index contributed by atoms with van der Waals surface area (Å²) in [5.41, 5.74) is 2.95. The van der Waals surface area contributed by atoms with Gasteiger partial charge in [0.25, 0.3) is 0 Å². The Balaban J connectivity index is 1.84. The summed E-state index contributed by atoms with van der Waals surface area (Å²) in [6.45, 7) is 2.33. The van der Waals surface area contributed by atoms with Crippen LogP contribution < -0.4 is 5.32 Å². The fraction of sp³-hybridized carbons (Fsp3) is 0.118. The molecule has 21 heavy (non-hydrogen) atoms. The van der Waals surface area contributed by atoms with Gasteiger partial charge in [-0.1, -0.05) is 30.3 Å². The van der Waals surface area contributed by atoms with E-state index in [2.05, 4.69) is 33.4 Å². The molecule has 1 aromatic heterocycles. The Morgan fingerprint density at radius 1 is 1.14 bits per heavy atom. The van der Waals surface area contributed by atoms with Gasteiger partial charge in [0.2, 0.25) is 5.91 Å². The lowest BCUT2D eigenvalue weighted by Gasteiger charge is -2.10. The van der Waals surface area contributed by atoms with Crippen LogP contribution in [-0.2, 0) is 11.3 Å². The molecular weight excluding hydrogens is 328 g/mol. The predicted octanol–water partition coefficient (Wildman–Crippen LogP) is 4.35. The van der Waals surface area contributed by atoms with Crippen molar-refractivity contribution in [1.29, 1.82) is 0 Å². The molecule has 3 rings (SSSR count). The molecule has 0 unspecified atom stereocenters. The van der Waals surface area contributed by atoms with E-state index in [0.717, 1.165) is 26.8 Å². The van der Waals surface area contributed by atoms with Crippen LogP contribution in [0.1, 0.15) is 5.69 Å². The van der Waals surface area contributed by atoms with Crippen molar-refractivity contribution >= 4 is 38.4 Å². The molecule has 1 heterocycles. The highest BCUT2D eigenvalue weighted by Crippen LogP contribution is 2.22. The van der Waals surface area contributed by atoms with E-state index in [1.54, 1.807) is 0 Å². The standard InChI is InChI=1S/C17H15BrN2O/c1-12-10-13-6-2-5-9-16(13)20(12)11-17(21)19-15-8-4-3-7-14(15)18/h2-10H,11H2,1H3,(H,19,21). The summed E-state index contributed by atoms with van der Waals surface area (Å²) in [5, 5.41) is 4.09. The van der Waals surface area contributed by atoms with Crippen molar-refractivity contribution < 1.29 is 4.79 Å². The number of para-hydroxylation sites is 2. The zero-order valence-electron chi connectivity index (χ0n) is 11.6. The lowest BCUT2D eigenvalue weighted by Crippen LogP contribution is -2.19. The van der Waals surface area contributed by atoms with E-state index < -0.39 is 0 Å². The molecule has 3 aromatic rings. The molecule has 1 amide bonds. The number of nitrogens with zero attached hydrogens (tertiary/aromatic N) is 1. The van der Waals surface area contributed by atoms with Crippen molar-refractivity contribution in [2.75, 3.05) is 5.32 Å². The quantitative estimate of drug-likeness (QED) is 0.754. The van der Waals surface area contributed by atoms with E-state index in [1.807, 2.05) is 54.0 Å². The number of hydrogen-bond acceptors (Lipinski definition) is 1. The molecule has 0 radical (unpaired) electrons. The number of halogens is 1. The highest BCUT2D eigenvalue weighted by molar-refractivity contribution is 9.10. The lowest BCUT2D eigenvalue weighted by atomic mass is 10.2. The summed E-state index contributed by atoms with van der Waals surface area (Å²) in [7, 11) is 0. The Morgan fingerprint density at radius 3 is 2.67 bits per heavy atom. The molecule has 0 aliphatic carbocycles. The average Bonchev–Trinajstić information content (AvgIpc) is 2.78. The number of rotatable bonds is 3. The number of nitrogens with one attached hydrogen (secondary N) is 1. The summed E-state index contributed by atoms with van der Waals surface area (Å²) >= 11 is 3.44. The molecule has 4 heteroatoms. The number of fused-ring (bicyclic) bond motifs is 1. The fourth-order valence-corrected chi connectivity index (χ4v) is 2.84. The van der Waals surface area contributed by atoms with Crippen LogP contribution in [0.25, 0.3) is 10.9 Å². The van der Waals surface area contributed by atoms with Crippen LogP contribution >= 0.6 is 15.9 Å². The van der Waals surface area contributed by atoms with Gasteiger partial charge >= 0.3 is 0 Å². The minimum Gasteiger partial charge on any atom is -0.335 e. The van der Waals surface area contributed by atoms with E-state index >= 15 is 0 Å². The van der Waals surface area contributed by atoms with Gasteiger partial charge in [0, 0.05) is 15.7 Å². The van der Waals surface area contributed by atoms with E-state index in [1.165, 1.54) is 0 Å². The molecule has 0 aliphatic heterocycles. The van der Waals surface area contributed by atoms with Gasteiger partial charge in [-0.15, -0.1) is 0 Å². The molecule has 2 aromatic carbocycles. The van der Waals surface area contributed by atoms with Crippen LogP contribution in [0, 0.1) is 6.92 Å². The van der Waals surface area contributed by atoms with Gasteiger partial charge in [0.15, 0.2) is 0 Å². The third-order valence-electron chi connectivity index (χ3n) is 3.47. The molecule has 0 saturated heterocycles. The Morgan fingerprint density at radius 2 is 1.86 bits per heavy atom. The average molecular weight is 343 g/mol. The second kappa shape index (κ2) is 5.74.